The van der Waals surface area contributed by atoms with Crippen LogP contribution in [0, 0.1) is 6.92 Å². The molecule has 2 heteroatoms. The van der Waals surface area contributed by atoms with Crippen molar-refractivity contribution in [2.24, 2.45) is 0 Å². The first-order valence-corrected chi connectivity index (χ1v) is 4.50. The van der Waals surface area contributed by atoms with Crippen LogP contribution in [0.1, 0.15) is 19.4 Å². The molecule has 0 saturated heterocycles. The molecule has 0 spiro atoms. The Hall–Kier alpha value is -0.690. The molecule has 0 unspecified atom stereocenters. The average Bonchev–Trinajstić information content (AvgIpc) is 1.96. The van der Waals surface area contributed by atoms with E-state index >= 15 is 0 Å². The molecule has 0 saturated carbocycles. The van der Waals surface area contributed by atoms with Crippen molar-refractivity contribution < 1.29 is 0 Å². The van der Waals surface area contributed by atoms with Gasteiger partial charge >= 0.3 is 0 Å². The molecule has 0 fully saturated rings. The maximum Gasteiger partial charge on any atom is 0.0426 e. The number of nitrogens with one attached hydrogen (secondary N) is 1. The predicted octanol–water partition coefficient (Wildman–Crippen LogP) is 3.47. The normalized spacial score (nSPS) is 10.4. The van der Waals surface area contributed by atoms with Crippen molar-refractivity contribution in [3.05, 3.63) is 28.8 Å². The van der Waals surface area contributed by atoms with Crippen LogP contribution in [0.2, 0.25) is 5.02 Å². The van der Waals surface area contributed by atoms with Gasteiger partial charge in [0, 0.05) is 16.8 Å². The summed E-state index contributed by atoms with van der Waals surface area (Å²) < 4.78 is 0. The highest BCUT2D eigenvalue weighted by atomic mass is 35.5. The third-order valence-corrected chi connectivity index (χ3v) is 1.88. The van der Waals surface area contributed by atoms with Crippen molar-refractivity contribution in [2.45, 2.75) is 26.8 Å². The van der Waals surface area contributed by atoms with Crippen LogP contribution < -0.4 is 5.32 Å². The quantitative estimate of drug-likeness (QED) is 0.741. The van der Waals surface area contributed by atoms with Gasteiger partial charge in [-0.3, -0.25) is 0 Å². The first-order valence-electron chi connectivity index (χ1n) is 4.12. The van der Waals surface area contributed by atoms with Crippen molar-refractivity contribution >= 4 is 17.3 Å². The van der Waals surface area contributed by atoms with E-state index in [1.54, 1.807) is 0 Å². The second kappa shape index (κ2) is 3.81. The highest BCUT2D eigenvalue weighted by Gasteiger charge is 1.99. The fourth-order valence-electron chi connectivity index (χ4n) is 1.06. The molecule has 1 rings (SSSR count). The molecule has 1 aromatic rings. The lowest BCUT2D eigenvalue weighted by atomic mass is 10.2. The van der Waals surface area contributed by atoms with Crippen LogP contribution in [-0.2, 0) is 0 Å². The topological polar surface area (TPSA) is 12.0 Å². The fraction of sp³-hybridized carbons (Fsp3) is 0.400. The summed E-state index contributed by atoms with van der Waals surface area (Å²) in [6.45, 7) is 6.29. The van der Waals surface area contributed by atoms with Crippen molar-refractivity contribution in [1.82, 2.24) is 0 Å². The fourth-order valence-corrected chi connectivity index (χ4v) is 1.23. The number of benzene rings is 1. The molecule has 0 heterocycles. The molecule has 12 heavy (non-hydrogen) atoms. The number of aryl methyl sites for hydroxylation is 1. The molecule has 0 bridgehead atoms. The molecule has 0 aliphatic carbocycles. The molecular weight excluding hydrogens is 170 g/mol. The zero-order valence-corrected chi connectivity index (χ0v) is 8.44. The van der Waals surface area contributed by atoms with Gasteiger partial charge in [-0.15, -0.1) is 0 Å². The van der Waals surface area contributed by atoms with Crippen LogP contribution in [0.5, 0.6) is 0 Å². The van der Waals surface area contributed by atoms with Crippen LogP contribution in [0.4, 0.5) is 5.69 Å². The zero-order chi connectivity index (χ0) is 9.14. The smallest absolute Gasteiger partial charge is 0.0426 e. The Labute approximate surface area is 78.7 Å². The molecule has 0 amide bonds. The van der Waals surface area contributed by atoms with Gasteiger partial charge in [0.05, 0.1) is 0 Å². The minimum absolute atomic E-state index is 0.446. The average molecular weight is 184 g/mol. The summed E-state index contributed by atoms with van der Waals surface area (Å²) in [5, 5.41) is 4.11. The van der Waals surface area contributed by atoms with Gasteiger partial charge in [0.1, 0.15) is 0 Å². The summed E-state index contributed by atoms with van der Waals surface area (Å²) in [4.78, 5) is 0. The monoisotopic (exact) mass is 183 g/mol. The van der Waals surface area contributed by atoms with Gasteiger partial charge in [-0.05, 0) is 38.5 Å². The van der Waals surface area contributed by atoms with E-state index in [-0.39, 0.29) is 0 Å². The number of anilines is 1. The van der Waals surface area contributed by atoms with Crippen molar-refractivity contribution in [1.29, 1.82) is 0 Å². The Kier molecular flexibility index (Phi) is 2.99. The second-order valence-electron chi connectivity index (χ2n) is 3.26. The summed E-state index contributed by atoms with van der Waals surface area (Å²) in [5.41, 5.74) is 2.35. The molecule has 66 valence electrons. The van der Waals surface area contributed by atoms with E-state index < -0.39 is 0 Å². The van der Waals surface area contributed by atoms with E-state index in [1.807, 2.05) is 18.2 Å². The van der Waals surface area contributed by atoms with Crippen LogP contribution >= 0.6 is 11.6 Å². The van der Waals surface area contributed by atoms with Crippen LogP contribution in [0.25, 0.3) is 0 Å². The minimum atomic E-state index is 0.446. The molecule has 0 aliphatic heterocycles. The first-order chi connectivity index (χ1) is 5.59. The number of halogens is 1. The van der Waals surface area contributed by atoms with E-state index in [9.17, 15) is 0 Å². The van der Waals surface area contributed by atoms with Gasteiger partial charge < -0.3 is 5.32 Å². The van der Waals surface area contributed by atoms with Gasteiger partial charge in [0.15, 0.2) is 0 Å². The Balaban J connectivity index is 2.90. The van der Waals surface area contributed by atoms with Gasteiger partial charge in [0.25, 0.3) is 0 Å². The summed E-state index contributed by atoms with van der Waals surface area (Å²) in [5.74, 6) is 0. The molecule has 1 aromatic carbocycles. The van der Waals surface area contributed by atoms with Gasteiger partial charge in [-0.2, -0.15) is 0 Å². The molecule has 1 nitrogen and oxygen atoms in total. The van der Waals surface area contributed by atoms with E-state index in [0.717, 1.165) is 10.7 Å². The zero-order valence-electron chi connectivity index (χ0n) is 7.69. The molecule has 0 radical (unpaired) electrons. The lowest BCUT2D eigenvalue weighted by molar-refractivity contribution is 0.897. The Morgan fingerprint density at radius 3 is 2.58 bits per heavy atom. The lowest BCUT2D eigenvalue weighted by Crippen LogP contribution is -2.10. The van der Waals surface area contributed by atoms with Crippen molar-refractivity contribution in [3.8, 4) is 0 Å². The SMILES string of the molecule is Cc1ccc(Cl)cc1NC(C)C. The summed E-state index contributed by atoms with van der Waals surface area (Å²) >= 11 is 5.86. The van der Waals surface area contributed by atoms with Crippen LogP contribution in [0.3, 0.4) is 0 Å². The Morgan fingerprint density at radius 2 is 2.00 bits per heavy atom. The van der Waals surface area contributed by atoms with Gasteiger partial charge in [0.2, 0.25) is 0 Å². The number of hydrogen-bond donors (Lipinski definition) is 1. The summed E-state index contributed by atoms with van der Waals surface area (Å²) in [6, 6.07) is 6.33. The molecule has 0 aliphatic rings. The lowest BCUT2D eigenvalue weighted by Gasteiger charge is -2.12. The summed E-state index contributed by atoms with van der Waals surface area (Å²) in [7, 11) is 0. The first kappa shape index (κ1) is 9.40. The van der Waals surface area contributed by atoms with Gasteiger partial charge in [-0.25, -0.2) is 0 Å². The van der Waals surface area contributed by atoms with Crippen molar-refractivity contribution in [3.63, 3.8) is 0 Å². The second-order valence-corrected chi connectivity index (χ2v) is 3.69. The van der Waals surface area contributed by atoms with E-state index in [0.29, 0.717) is 6.04 Å². The van der Waals surface area contributed by atoms with Crippen LogP contribution in [-0.4, -0.2) is 6.04 Å². The van der Waals surface area contributed by atoms with E-state index in [2.05, 4.69) is 26.1 Å². The standard InChI is InChI=1S/C10H14ClN/c1-7(2)12-10-6-9(11)5-4-8(10)3/h4-7,12H,1-3H3. The molecule has 1 N–H and O–H groups in total. The molecule has 0 atom stereocenters. The third-order valence-electron chi connectivity index (χ3n) is 1.64. The summed E-state index contributed by atoms with van der Waals surface area (Å²) in [6.07, 6.45) is 0. The predicted molar refractivity (Wildman–Crippen MR) is 54.9 cm³/mol. The maximum atomic E-state index is 5.86. The Bertz CT molecular complexity index is 269. The number of rotatable bonds is 2. The molecular formula is C10H14ClN. The van der Waals surface area contributed by atoms with E-state index in [4.69, 9.17) is 11.6 Å². The highest BCUT2D eigenvalue weighted by Crippen LogP contribution is 2.20. The number of hydrogen-bond acceptors (Lipinski definition) is 1. The van der Waals surface area contributed by atoms with Gasteiger partial charge in [-0.1, -0.05) is 17.7 Å². The highest BCUT2D eigenvalue weighted by molar-refractivity contribution is 6.30. The van der Waals surface area contributed by atoms with Crippen molar-refractivity contribution in [2.75, 3.05) is 5.32 Å². The largest absolute Gasteiger partial charge is 0.383 e. The Morgan fingerprint density at radius 1 is 1.33 bits per heavy atom. The maximum absolute atomic E-state index is 5.86. The van der Waals surface area contributed by atoms with Crippen LogP contribution in [0.15, 0.2) is 18.2 Å². The minimum Gasteiger partial charge on any atom is -0.383 e. The van der Waals surface area contributed by atoms with E-state index in [1.165, 1.54) is 5.56 Å². The molecule has 0 aromatic heterocycles. The third kappa shape index (κ3) is 2.42.